The van der Waals surface area contributed by atoms with Crippen molar-refractivity contribution < 1.29 is 68.8 Å². The van der Waals surface area contributed by atoms with Crippen molar-refractivity contribution in [3.63, 3.8) is 0 Å². The maximum Gasteiger partial charge on any atom is 0.372 e. The number of aliphatic hydroxyl groups excluding tert-OH is 2. The third-order valence-corrected chi connectivity index (χ3v) is 5.12. The van der Waals surface area contributed by atoms with Gasteiger partial charge >= 0.3 is 23.9 Å². The third kappa shape index (κ3) is 9.33. The number of methoxy groups -OCH3 is 2. The SMILES string of the molecule is COC(=O)C(O)=C[C@H](OC(=O)C=Cc1ccc(O)c(O)c1)[C@@H](OC(=O)C=Cc1ccc(O)c(O)c1)[C@@H](O)C(=O)OC. The molecule has 14 nitrogen and oxygen atoms in total. The highest BCUT2D eigenvalue weighted by Gasteiger charge is 2.39. The summed E-state index contributed by atoms with van der Waals surface area (Å²) in [6, 6.07) is 7.20. The van der Waals surface area contributed by atoms with Crippen LogP contribution in [0.5, 0.6) is 23.0 Å². The number of carbonyl (C=O) groups excluding carboxylic acids is 4. The number of aliphatic hydroxyl groups is 2. The van der Waals surface area contributed by atoms with Crippen molar-refractivity contribution in [2.45, 2.75) is 18.3 Å². The van der Waals surface area contributed by atoms with Crippen LogP contribution in [-0.4, -0.2) is 87.0 Å². The van der Waals surface area contributed by atoms with Crippen LogP contribution in [0.1, 0.15) is 11.1 Å². The van der Waals surface area contributed by atoms with Gasteiger partial charge in [-0.15, -0.1) is 0 Å². The summed E-state index contributed by atoms with van der Waals surface area (Å²) in [7, 11) is 1.83. The van der Waals surface area contributed by atoms with E-state index in [0.717, 1.165) is 62.8 Å². The quantitative estimate of drug-likeness (QED) is 0.0729. The van der Waals surface area contributed by atoms with Crippen LogP contribution in [0.3, 0.4) is 0 Å². The van der Waals surface area contributed by atoms with E-state index in [9.17, 15) is 49.8 Å². The van der Waals surface area contributed by atoms with Crippen LogP contribution in [-0.2, 0) is 38.1 Å². The van der Waals surface area contributed by atoms with E-state index in [-0.39, 0.29) is 11.1 Å². The highest BCUT2D eigenvalue weighted by molar-refractivity contribution is 5.89. The Morgan fingerprint density at radius 1 is 0.732 bits per heavy atom. The van der Waals surface area contributed by atoms with Crippen molar-refractivity contribution >= 4 is 36.0 Å². The number of phenolic OH excluding ortho intramolecular Hbond substituents is 4. The second-order valence-electron chi connectivity index (χ2n) is 7.98. The van der Waals surface area contributed by atoms with Gasteiger partial charge in [-0.25, -0.2) is 19.2 Å². The zero-order valence-electron chi connectivity index (χ0n) is 21.5. The minimum Gasteiger partial charge on any atom is -0.504 e. The van der Waals surface area contributed by atoms with Crippen LogP contribution in [0, 0.1) is 0 Å². The second kappa shape index (κ2) is 14.6. The fourth-order valence-corrected chi connectivity index (χ4v) is 3.05. The lowest BCUT2D eigenvalue weighted by molar-refractivity contribution is -0.177. The van der Waals surface area contributed by atoms with Gasteiger partial charge in [0.15, 0.2) is 41.3 Å². The van der Waals surface area contributed by atoms with Gasteiger partial charge in [0.05, 0.1) is 14.2 Å². The molecule has 0 unspecified atom stereocenters. The third-order valence-electron chi connectivity index (χ3n) is 5.12. The number of benzene rings is 2. The monoisotopic (exact) mass is 574 g/mol. The van der Waals surface area contributed by atoms with E-state index in [1.54, 1.807) is 0 Å². The minimum absolute atomic E-state index is 0.235. The fourth-order valence-electron chi connectivity index (χ4n) is 3.05. The van der Waals surface area contributed by atoms with Gasteiger partial charge < -0.3 is 49.6 Å². The molecule has 0 amide bonds. The van der Waals surface area contributed by atoms with E-state index in [0.29, 0.717) is 6.08 Å². The van der Waals surface area contributed by atoms with Crippen LogP contribution in [0.4, 0.5) is 0 Å². The first-order valence-electron chi connectivity index (χ1n) is 11.4. The number of hydrogen-bond donors (Lipinski definition) is 6. The molecule has 2 aromatic rings. The van der Waals surface area contributed by atoms with Crippen molar-refractivity contribution in [1.29, 1.82) is 0 Å². The number of carbonyl (C=O) groups is 4. The summed E-state index contributed by atoms with van der Waals surface area (Å²) >= 11 is 0. The lowest BCUT2D eigenvalue weighted by Crippen LogP contribution is -2.47. The molecule has 0 heterocycles. The van der Waals surface area contributed by atoms with E-state index in [1.807, 2.05) is 0 Å². The Labute approximate surface area is 232 Å². The molecular weight excluding hydrogens is 548 g/mol. The molecule has 6 N–H and O–H groups in total. The summed E-state index contributed by atoms with van der Waals surface area (Å²) in [6.45, 7) is 0. The number of phenols is 4. The van der Waals surface area contributed by atoms with E-state index in [1.165, 1.54) is 12.1 Å². The summed E-state index contributed by atoms with van der Waals surface area (Å²) in [5.41, 5.74) is 0.476. The van der Waals surface area contributed by atoms with Crippen molar-refractivity contribution in [2.75, 3.05) is 14.2 Å². The Bertz CT molecular complexity index is 1370. The average molecular weight is 574 g/mol. The molecule has 0 fully saturated rings. The lowest BCUT2D eigenvalue weighted by Gasteiger charge is -2.26. The second-order valence-corrected chi connectivity index (χ2v) is 7.98. The fraction of sp³-hybridized carbons (Fsp3) is 0.185. The molecule has 14 heteroatoms. The Balaban J connectivity index is 2.40. The van der Waals surface area contributed by atoms with Crippen molar-refractivity contribution in [2.24, 2.45) is 0 Å². The average Bonchev–Trinajstić information content (AvgIpc) is 2.95. The molecule has 2 rings (SSSR count). The smallest absolute Gasteiger partial charge is 0.372 e. The Hall–Kier alpha value is -5.50. The molecule has 218 valence electrons. The van der Waals surface area contributed by atoms with Crippen molar-refractivity contribution in [3.8, 4) is 23.0 Å². The Morgan fingerprint density at radius 3 is 1.66 bits per heavy atom. The zero-order chi connectivity index (χ0) is 30.7. The molecule has 0 aliphatic carbocycles. The molecule has 0 spiro atoms. The van der Waals surface area contributed by atoms with E-state index in [2.05, 4.69) is 9.47 Å². The van der Waals surface area contributed by atoms with E-state index < -0.39 is 70.9 Å². The summed E-state index contributed by atoms with van der Waals surface area (Å²) in [5, 5.41) is 58.6. The molecule has 0 saturated heterocycles. The van der Waals surface area contributed by atoms with Gasteiger partial charge in [0.1, 0.15) is 0 Å². The highest BCUT2D eigenvalue weighted by Crippen LogP contribution is 2.26. The van der Waals surface area contributed by atoms with E-state index >= 15 is 0 Å². The van der Waals surface area contributed by atoms with Crippen molar-refractivity contribution in [1.82, 2.24) is 0 Å². The van der Waals surface area contributed by atoms with Gasteiger partial charge in [0.25, 0.3) is 0 Å². The first kappa shape index (κ1) is 31.7. The first-order valence-corrected chi connectivity index (χ1v) is 11.4. The predicted octanol–water partition coefficient (Wildman–Crippen LogP) is 1.21. The lowest BCUT2D eigenvalue weighted by atomic mass is 10.1. The standard InChI is InChI=1S/C27H26O14/c1-38-26(36)20(32)13-21(40-22(33)9-5-14-3-7-16(28)18(30)11-14)25(24(35)27(37)39-2)41-23(34)10-6-15-4-8-17(29)19(31)12-15/h3-13,21,24-25,28-32,35H,1-2H3/t21-,24+,25+/m0/s1. The zero-order valence-corrected chi connectivity index (χ0v) is 21.5. The maximum atomic E-state index is 12.6. The molecule has 3 atom stereocenters. The number of esters is 4. The summed E-state index contributed by atoms with van der Waals surface area (Å²) in [4.78, 5) is 49.0. The van der Waals surface area contributed by atoms with Crippen LogP contribution in [0.2, 0.25) is 0 Å². The van der Waals surface area contributed by atoms with Gasteiger partial charge in [-0.3, -0.25) is 0 Å². The molecule has 0 radical (unpaired) electrons. The molecular formula is C27H26O14. The van der Waals surface area contributed by atoms with Crippen LogP contribution in [0.15, 0.2) is 60.4 Å². The van der Waals surface area contributed by atoms with Gasteiger partial charge in [0, 0.05) is 18.2 Å². The number of rotatable bonds is 11. The van der Waals surface area contributed by atoms with Crippen molar-refractivity contribution in [3.05, 3.63) is 71.5 Å². The van der Waals surface area contributed by atoms with Gasteiger partial charge in [-0.05, 0) is 47.5 Å². The van der Waals surface area contributed by atoms with Gasteiger partial charge in [0.2, 0.25) is 5.76 Å². The molecule has 0 aliphatic rings. The van der Waals surface area contributed by atoms with Crippen LogP contribution in [0.25, 0.3) is 12.2 Å². The molecule has 0 aromatic heterocycles. The van der Waals surface area contributed by atoms with Crippen LogP contribution < -0.4 is 0 Å². The molecule has 0 saturated carbocycles. The number of aromatic hydroxyl groups is 4. The molecule has 41 heavy (non-hydrogen) atoms. The van der Waals surface area contributed by atoms with Crippen LogP contribution >= 0.6 is 0 Å². The normalized spacial score (nSPS) is 13.8. The highest BCUT2D eigenvalue weighted by atomic mass is 16.6. The molecule has 0 aliphatic heterocycles. The topological polar surface area (TPSA) is 227 Å². The molecule has 2 aromatic carbocycles. The predicted molar refractivity (Wildman–Crippen MR) is 138 cm³/mol. The summed E-state index contributed by atoms with van der Waals surface area (Å²) < 4.78 is 19.1. The Morgan fingerprint density at radius 2 is 1.22 bits per heavy atom. The molecule has 0 bridgehead atoms. The minimum atomic E-state index is -2.30. The summed E-state index contributed by atoms with van der Waals surface area (Å²) in [5.74, 6) is -7.96. The maximum absolute atomic E-state index is 12.6. The summed E-state index contributed by atoms with van der Waals surface area (Å²) in [6.07, 6.45) is -1.90. The first-order chi connectivity index (χ1) is 19.4. The number of ether oxygens (including phenoxy) is 4. The van der Waals surface area contributed by atoms with Gasteiger partial charge in [-0.2, -0.15) is 0 Å². The largest absolute Gasteiger partial charge is 0.504 e. The van der Waals surface area contributed by atoms with E-state index in [4.69, 9.17) is 9.47 Å². The number of hydrogen-bond acceptors (Lipinski definition) is 14. The van der Waals surface area contributed by atoms with Gasteiger partial charge in [-0.1, -0.05) is 12.1 Å². The Kier molecular flexibility index (Phi) is 11.3.